The van der Waals surface area contributed by atoms with E-state index in [0.717, 1.165) is 37.5 Å². The fourth-order valence-electron chi connectivity index (χ4n) is 4.07. The molecule has 148 valence electrons. The van der Waals surface area contributed by atoms with Gasteiger partial charge in [-0.1, -0.05) is 6.92 Å². The molecule has 28 heavy (non-hydrogen) atoms. The lowest BCUT2D eigenvalue weighted by Gasteiger charge is -2.33. The van der Waals surface area contributed by atoms with Crippen molar-refractivity contribution < 1.29 is 9.53 Å². The quantitative estimate of drug-likeness (QED) is 0.814. The molecule has 2 aromatic rings. The first-order valence-electron chi connectivity index (χ1n) is 10.3. The standard InChI is InChI=1S/C22H28N4O2/c1-17-4-3-11-26(16-17)21-7-6-18(14-24-21)22(27)25-12-8-19(9-13-25)28-20-5-2-10-23-15-20/h2,5-7,10,14-15,17,19H,3-4,8-9,11-13,16H2,1H3. The van der Waals surface area contributed by atoms with E-state index < -0.39 is 0 Å². The molecule has 2 fully saturated rings. The molecule has 1 unspecified atom stereocenters. The number of hydrogen-bond acceptors (Lipinski definition) is 5. The van der Waals surface area contributed by atoms with E-state index >= 15 is 0 Å². The maximum absolute atomic E-state index is 12.8. The molecule has 0 bridgehead atoms. The van der Waals surface area contributed by atoms with E-state index in [1.165, 1.54) is 12.8 Å². The summed E-state index contributed by atoms with van der Waals surface area (Å²) < 4.78 is 5.96. The highest BCUT2D eigenvalue weighted by Crippen LogP contribution is 2.23. The Morgan fingerprint density at radius 1 is 1.11 bits per heavy atom. The second kappa shape index (κ2) is 8.59. The van der Waals surface area contributed by atoms with Crippen molar-refractivity contribution in [2.75, 3.05) is 31.1 Å². The van der Waals surface area contributed by atoms with Gasteiger partial charge in [-0.3, -0.25) is 9.78 Å². The molecule has 2 aromatic heterocycles. The summed E-state index contributed by atoms with van der Waals surface area (Å²) in [6, 6.07) is 7.70. The predicted octanol–water partition coefficient (Wildman–Crippen LogP) is 3.40. The van der Waals surface area contributed by atoms with Crippen LogP contribution in [0, 0.1) is 5.92 Å². The first-order valence-corrected chi connectivity index (χ1v) is 10.3. The summed E-state index contributed by atoms with van der Waals surface area (Å²) in [5, 5.41) is 0. The van der Waals surface area contributed by atoms with Crippen LogP contribution in [-0.2, 0) is 0 Å². The van der Waals surface area contributed by atoms with Gasteiger partial charge in [-0.2, -0.15) is 0 Å². The minimum atomic E-state index is 0.0610. The zero-order valence-corrected chi connectivity index (χ0v) is 16.5. The third kappa shape index (κ3) is 4.43. The largest absolute Gasteiger partial charge is 0.489 e. The Bertz CT molecular complexity index is 773. The van der Waals surface area contributed by atoms with Crippen LogP contribution < -0.4 is 9.64 Å². The van der Waals surface area contributed by atoms with Crippen LogP contribution in [0.4, 0.5) is 5.82 Å². The maximum atomic E-state index is 12.8. The Morgan fingerprint density at radius 3 is 2.64 bits per heavy atom. The van der Waals surface area contributed by atoms with Crippen LogP contribution in [0.15, 0.2) is 42.9 Å². The summed E-state index contributed by atoms with van der Waals surface area (Å²) in [5.41, 5.74) is 0.667. The minimum Gasteiger partial charge on any atom is -0.489 e. The molecule has 4 rings (SSSR count). The molecule has 0 N–H and O–H groups in total. The van der Waals surface area contributed by atoms with Crippen molar-refractivity contribution in [1.29, 1.82) is 0 Å². The fourth-order valence-corrected chi connectivity index (χ4v) is 4.07. The molecular weight excluding hydrogens is 352 g/mol. The van der Waals surface area contributed by atoms with E-state index in [4.69, 9.17) is 4.74 Å². The zero-order chi connectivity index (χ0) is 19.3. The maximum Gasteiger partial charge on any atom is 0.255 e. The van der Waals surface area contributed by atoms with E-state index in [9.17, 15) is 4.79 Å². The Kier molecular flexibility index (Phi) is 5.74. The molecular formula is C22H28N4O2. The van der Waals surface area contributed by atoms with Crippen LogP contribution in [0.5, 0.6) is 5.75 Å². The minimum absolute atomic E-state index is 0.0610. The molecule has 0 saturated carbocycles. The van der Waals surface area contributed by atoms with Gasteiger partial charge in [0.05, 0.1) is 11.8 Å². The lowest BCUT2D eigenvalue weighted by molar-refractivity contribution is 0.0594. The summed E-state index contributed by atoms with van der Waals surface area (Å²) in [4.78, 5) is 25.7. The highest BCUT2D eigenvalue weighted by atomic mass is 16.5. The van der Waals surface area contributed by atoms with Crippen LogP contribution in [0.1, 0.15) is 43.0 Å². The first kappa shape index (κ1) is 18.7. The lowest BCUT2D eigenvalue weighted by Crippen LogP contribution is -2.41. The van der Waals surface area contributed by atoms with Gasteiger partial charge >= 0.3 is 0 Å². The molecule has 6 heteroatoms. The number of carbonyl (C=O) groups excluding carboxylic acids is 1. The number of pyridine rings is 2. The molecule has 0 aromatic carbocycles. The Balaban J connectivity index is 1.31. The molecule has 1 amide bonds. The van der Waals surface area contributed by atoms with Gasteiger partial charge in [0.2, 0.25) is 0 Å². The van der Waals surface area contributed by atoms with Crippen molar-refractivity contribution in [2.45, 2.75) is 38.7 Å². The van der Waals surface area contributed by atoms with E-state index in [1.807, 2.05) is 29.2 Å². The Labute approximate surface area is 166 Å². The second-order valence-electron chi connectivity index (χ2n) is 7.90. The van der Waals surface area contributed by atoms with Crippen molar-refractivity contribution in [3.05, 3.63) is 48.4 Å². The van der Waals surface area contributed by atoms with Gasteiger partial charge in [0, 0.05) is 51.4 Å². The van der Waals surface area contributed by atoms with Crippen LogP contribution in [-0.4, -0.2) is 53.1 Å². The molecule has 1 atom stereocenters. The summed E-state index contributed by atoms with van der Waals surface area (Å²) in [7, 11) is 0. The average Bonchev–Trinajstić information content (AvgIpc) is 2.75. The number of carbonyl (C=O) groups is 1. The summed E-state index contributed by atoms with van der Waals surface area (Å²) in [6.45, 7) is 5.79. The summed E-state index contributed by atoms with van der Waals surface area (Å²) >= 11 is 0. The first-order chi connectivity index (χ1) is 13.7. The van der Waals surface area contributed by atoms with Crippen molar-refractivity contribution in [2.24, 2.45) is 5.92 Å². The number of ether oxygens (including phenoxy) is 1. The third-order valence-corrected chi connectivity index (χ3v) is 5.64. The number of likely N-dealkylation sites (tertiary alicyclic amines) is 1. The van der Waals surface area contributed by atoms with E-state index in [1.54, 1.807) is 18.6 Å². The normalized spacial score (nSPS) is 20.8. The number of rotatable bonds is 4. The highest BCUT2D eigenvalue weighted by molar-refractivity contribution is 5.94. The number of nitrogens with zero attached hydrogens (tertiary/aromatic N) is 4. The molecule has 0 radical (unpaired) electrons. The Morgan fingerprint density at radius 2 is 1.96 bits per heavy atom. The third-order valence-electron chi connectivity index (χ3n) is 5.64. The van der Waals surface area contributed by atoms with Gasteiger partial charge in [0.1, 0.15) is 17.7 Å². The van der Waals surface area contributed by atoms with Crippen LogP contribution in [0.3, 0.4) is 0 Å². The fraction of sp³-hybridized carbons (Fsp3) is 0.500. The number of hydrogen-bond donors (Lipinski definition) is 0. The van der Waals surface area contributed by atoms with Gasteiger partial charge < -0.3 is 14.5 Å². The van der Waals surface area contributed by atoms with E-state index in [-0.39, 0.29) is 12.0 Å². The van der Waals surface area contributed by atoms with Gasteiger partial charge in [-0.05, 0) is 43.0 Å². The second-order valence-corrected chi connectivity index (χ2v) is 7.90. The average molecular weight is 380 g/mol. The lowest BCUT2D eigenvalue weighted by atomic mass is 10.0. The van der Waals surface area contributed by atoms with E-state index in [2.05, 4.69) is 21.8 Å². The molecule has 2 aliphatic rings. The Hall–Kier alpha value is -2.63. The predicted molar refractivity (Wildman–Crippen MR) is 109 cm³/mol. The monoisotopic (exact) mass is 380 g/mol. The van der Waals surface area contributed by atoms with Gasteiger partial charge in [0.25, 0.3) is 5.91 Å². The molecule has 2 saturated heterocycles. The zero-order valence-electron chi connectivity index (χ0n) is 16.5. The molecule has 4 heterocycles. The molecule has 0 spiro atoms. The van der Waals surface area contributed by atoms with Crippen LogP contribution in [0.25, 0.3) is 0 Å². The number of piperidine rings is 2. The van der Waals surface area contributed by atoms with Crippen molar-refractivity contribution in [1.82, 2.24) is 14.9 Å². The van der Waals surface area contributed by atoms with Crippen molar-refractivity contribution >= 4 is 11.7 Å². The molecule has 6 nitrogen and oxygen atoms in total. The molecule has 2 aliphatic heterocycles. The highest BCUT2D eigenvalue weighted by Gasteiger charge is 2.25. The summed E-state index contributed by atoms with van der Waals surface area (Å²) in [6.07, 6.45) is 9.49. The van der Waals surface area contributed by atoms with E-state index in [0.29, 0.717) is 24.6 Å². The van der Waals surface area contributed by atoms with Crippen LogP contribution >= 0.6 is 0 Å². The van der Waals surface area contributed by atoms with Crippen molar-refractivity contribution in [3.8, 4) is 5.75 Å². The van der Waals surface area contributed by atoms with Crippen molar-refractivity contribution in [3.63, 3.8) is 0 Å². The number of amides is 1. The summed E-state index contributed by atoms with van der Waals surface area (Å²) in [5.74, 6) is 2.53. The smallest absolute Gasteiger partial charge is 0.255 e. The SMILES string of the molecule is CC1CCCN(c2ccc(C(=O)N3CCC(Oc4cccnc4)CC3)cn2)C1. The molecule has 0 aliphatic carbocycles. The van der Waals surface area contributed by atoms with Gasteiger partial charge in [0.15, 0.2) is 0 Å². The topological polar surface area (TPSA) is 58.6 Å². The van der Waals surface area contributed by atoms with Gasteiger partial charge in [-0.25, -0.2) is 4.98 Å². The van der Waals surface area contributed by atoms with Crippen LogP contribution in [0.2, 0.25) is 0 Å². The van der Waals surface area contributed by atoms with Gasteiger partial charge in [-0.15, -0.1) is 0 Å². The number of aromatic nitrogens is 2. The number of anilines is 1.